The van der Waals surface area contributed by atoms with Gasteiger partial charge in [0.2, 0.25) is 0 Å². The van der Waals surface area contributed by atoms with Crippen molar-refractivity contribution >= 4 is 26.5 Å². The van der Waals surface area contributed by atoms with Gasteiger partial charge in [-0.15, -0.1) is 0 Å². The molecule has 0 spiro atoms. The molecule has 1 aliphatic carbocycles. The Bertz CT molecular complexity index is 992. The standard InChI is InChI=1S/C18H16N2O2S/c21-23(22,18-6-2-5-15-12-19-10-9-17(15)18)20-16-8-7-13-3-1-4-14(13)11-16/h2,5-12,20H,1,3-4H2. The van der Waals surface area contributed by atoms with Crippen molar-refractivity contribution in [2.45, 2.75) is 24.2 Å². The van der Waals surface area contributed by atoms with Gasteiger partial charge in [0.25, 0.3) is 10.0 Å². The van der Waals surface area contributed by atoms with Crippen LogP contribution in [-0.4, -0.2) is 13.4 Å². The number of benzene rings is 2. The predicted molar refractivity (Wildman–Crippen MR) is 91.0 cm³/mol. The van der Waals surface area contributed by atoms with Gasteiger partial charge >= 0.3 is 0 Å². The first-order valence-electron chi connectivity index (χ1n) is 7.61. The minimum Gasteiger partial charge on any atom is -0.280 e. The zero-order valence-electron chi connectivity index (χ0n) is 12.5. The molecule has 0 atom stereocenters. The summed E-state index contributed by atoms with van der Waals surface area (Å²) >= 11 is 0. The van der Waals surface area contributed by atoms with Crippen molar-refractivity contribution in [1.29, 1.82) is 0 Å². The van der Waals surface area contributed by atoms with Crippen LogP contribution in [0.5, 0.6) is 0 Å². The van der Waals surface area contributed by atoms with Crippen LogP contribution in [0.15, 0.2) is 59.8 Å². The van der Waals surface area contributed by atoms with E-state index in [1.807, 2.05) is 24.3 Å². The van der Waals surface area contributed by atoms with Gasteiger partial charge in [-0.25, -0.2) is 8.42 Å². The normalized spacial score (nSPS) is 13.9. The van der Waals surface area contributed by atoms with Crippen molar-refractivity contribution < 1.29 is 8.42 Å². The highest BCUT2D eigenvalue weighted by Crippen LogP contribution is 2.28. The Morgan fingerprint density at radius 1 is 1.00 bits per heavy atom. The minimum atomic E-state index is -3.64. The summed E-state index contributed by atoms with van der Waals surface area (Å²) < 4.78 is 28.3. The monoisotopic (exact) mass is 324 g/mol. The molecule has 4 nitrogen and oxygen atoms in total. The molecule has 0 radical (unpaired) electrons. The SMILES string of the molecule is O=S(=O)(Nc1ccc2c(c1)CCC2)c1cccc2cnccc12. The quantitative estimate of drug-likeness (QED) is 0.802. The summed E-state index contributed by atoms with van der Waals surface area (Å²) in [6.45, 7) is 0. The van der Waals surface area contributed by atoms with Gasteiger partial charge in [-0.3, -0.25) is 9.71 Å². The van der Waals surface area contributed by atoms with E-state index in [0.29, 0.717) is 11.1 Å². The van der Waals surface area contributed by atoms with E-state index in [1.54, 1.807) is 30.6 Å². The van der Waals surface area contributed by atoms with E-state index in [-0.39, 0.29) is 4.90 Å². The molecule has 0 aliphatic heterocycles. The van der Waals surface area contributed by atoms with E-state index >= 15 is 0 Å². The van der Waals surface area contributed by atoms with Crippen LogP contribution >= 0.6 is 0 Å². The second kappa shape index (κ2) is 5.35. The van der Waals surface area contributed by atoms with Gasteiger partial charge in [0.15, 0.2) is 0 Å². The van der Waals surface area contributed by atoms with Gasteiger partial charge in [0, 0.05) is 28.9 Å². The number of aromatic nitrogens is 1. The fraction of sp³-hybridized carbons (Fsp3) is 0.167. The Hall–Kier alpha value is -2.40. The molecule has 1 aromatic heterocycles. The second-order valence-electron chi connectivity index (χ2n) is 5.80. The molecule has 4 rings (SSSR count). The lowest BCUT2D eigenvalue weighted by atomic mass is 10.1. The van der Waals surface area contributed by atoms with Crippen LogP contribution in [0.2, 0.25) is 0 Å². The summed E-state index contributed by atoms with van der Waals surface area (Å²) in [7, 11) is -3.64. The number of aryl methyl sites for hydroxylation is 2. The van der Waals surface area contributed by atoms with Crippen LogP contribution in [-0.2, 0) is 22.9 Å². The third-order valence-electron chi connectivity index (χ3n) is 4.28. The molecule has 3 aromatic rings. The molecule has 0 amide bonds. The number of sulfonamides is 1. The van der Waals surface area contributed by atoms with Gasteiger partial charge in [0.1, 0.15) is 0 Å². The van der Waals surface area contributed by atoms with Gasteiger partial charge < -0.3 is 0 Å². The Kier molecular flexibility index (Phi) is 3.31. The fourth-order valence-corrected chi connectivity index (χ4v) is 4.45. The van der Waals surface area contributed by atoms with Gasteiger partial charge in [-0.05, 0) is 54.7 Å². The predicted octanol–water partition coefficient (Wildman–Crippen LogP) is 3.52. The highest BCUT2D eigenvalue weighted by molar-refractivity contribution is 7.93. The molecule has 1 N–H and O–H groups in total. The third kappa shape index (κ3) is 2.57. The summed E-state index contributed by atoms with van der Waals surface area (Å²) in [4.78, 5) is 4.32. The van der Waals surface area contributed by atoms with E-state index in [9.17, 15) is 8.42 Å². The van der Waals surface area contributed by atoms with E-state index in [0.717, 1.165) is 24.6 Å². The zero-order valence-corrected chi connectivity index (χ0v) is 13.3. The first-order chi connectivity index (χ1) is 11.1. The van der Waals surface area contributed by atoms with Gasteiger partial charge in [0.05, 0.1) is 4.90 Å². The fourth-order valence-electron chi connectivity index (χ4n) is 3.17. The molecule has 5 heteroatoms. The van der Waals surface area contributed by atoms with E-state index in [1.165, 1.54) is 11.1 Å². The Morgan fingerprint density at radius 3 is 2.78 bits per heavy atom. The van der Waals surface area contributed by atoms with E-state index < -0.39 is 10.0 Å². The highest BCUT2D eigenvalue weighted by Gasteiger charge is 2.18. The van der Waals surface area contributed by atoms with Gasteiger partial charge in [-0.2, -0.15) is 0 Å². The number of fused-ring (bicyclic) bond motifs is 2. The average molecular weight is 324 g/mol. The zero-order chi connectivity index (χ0) is 15.9. The number of nitrogens with zero attached hydrogens (tertiary/aromatic N) is 1. The molecule has 0 saturated carbocycles. The topological polar surface area (TPSA) is 59.1 Å². The van der Waals surface area contributed by atoms with Crippen molar-refractivity contribution in [2.24, 2.45) is 0 Å². The Balaban J connectivity index is 1.75. The molecule has 0 bridgehead atoms. The molecular formula is C18H16N2O2S. The van der Waals surface area contributed by atoms with Crippen LogP contribution in [0.25, 0.3) is 10.8 Å². The van der Waals surface area contributed by atoms with Crippen molar-refractivity contribution in [3.05, 3.63) is 66.0 Å². The summed E-state index contributed by atoms with van der Waals surface area (Å²) in [5, 5.41) is 1.49. The number of hydrogen-bond acceptors (Lipinski definition) is 3. The molecular weight excluding hydrogens is 308 g/mol. The Labute approximate surface area is 135 Å². The summed E-state index contributed by atoms with van der Waals surface area (Å²) in [5.74, 6) is 0. The lowest BCUT2D eigenvalue weighted by Crippen LogP contribution is -2.13. The first kappa shape index (κ1) is 14.2. The number of rotatable bonds is 3. The summed E-state index contributed by atoms with van der Waals surface area (Å²) in [6, 6.07) is 12.8. The third-order valence-corrected chi connectivity index (χ3v) is 5.72. The number of hydrogen-bond donors (Lipinski definition) is 1. The lowest BCUT2D eigenvalue weighted by Gasteiger charge is -2.11. The number of nitrogens with one attached hydrogen (secondary N) is 1. The Morgan fingerprint density at radius 2 is 1.87 bits per heavy atom. The van der Waals surface area contributed by atoms with Crippen molar-refractivity contribution in [3.8, 4) is 0 Å². The van der Waals surface area contributed by atoms with Crippen LogP contribution in [0.4, 0.5) is 5.69 Å². The maximum atomic E-state index is 12.8. The van der Waals surface area contributed by atoms with Gasteiger partial charge in [-0.1, -0.05) is 18.2 Å². The largest absolute Gasteiger partial charge is 0.280 e. The smallest absolute Gasteiger partial charge is 0.262 e. The van der Waals surface area contributed by atoms with Crippen molar-refractivity contribution in [3.63, 3.8) is 0 Å². The minimum absolute atomic E-state index is 0.276. The molecule has 0 fully saturated rings. The molecule has 1 heterocycles. The molecule has 116 valence electrons. The molecule has 23 heavy (non-hydrogen) atoms. The molecule has 2 aromatic carbocycles. The van der Waals surface area contributed by atoms with Crippen molar-refractivity contribution in [1.82, 2.24) is 4.98 Å². The van der Waals surface area contributed by atoms with Crippen molar-refractivity contribution in [2.75, 3.05) is 4.72 Å². The average Bonchev–Trinajstić information content (AvgIpc) is 3.01. The number of anilines is 1. The van der Waals surface area contributed by atoms with Crippen LogP contribution in [0.1, 0.15) is 17.5 Å². The molecule has 0 saturated heterocycles. The maximum Gasteiger partial charge on any atom is 0.262 e. The second-order valence-corrected chi connectivity index (χ2v) is 7.45. The maximum absolute atomic E-state index is 12.8. The van der Waals surface area contributed by atoms with Crippen LogP contribution in [0.3, 0.4) is 0 Å². The molecule has 1 aliphatic rings. The lowest BCUT2D eigenvalue weighted by molar-refractivity contribution is 0.602. The highest BCUT2D eigenvalue weighted by atomic mass is 32.2. The summed E-state index contributed by atoms with van der Waals surface area (Å²) in [5.41, 5.74) is 3.19. The molecule has 0 unspecified atom stereocenters. The van der Waals surface area contributed by atoms with Crippen LogP contribution in [0, 0.1) is 0 Å². The first-order valence-corrected chi connectivity index (χ1v) is 9.09. The van der Waals surface area contributed by atoms with E-state index in [2.05, 4.69) is 9.71 Å². The number of pyridine rings is 1. The van der Waals surface area contributed by atoms with Crippen LogP contribution < -0.4 is 4.72 Å². The van der Waals surface area contributed by atoms with E-state index in [4.69, 9.17) is 0 Å². The summed E-state index contributed by atoms with van der Waals surface area (Å²) in [6.07, 6.45) is 6.52.